The summed E-state index contributed by atoms with van der Waals surface area (Å²) < 4.78 is 0. The first-order valence-corrected chi connectivity index (χ1v) is 2.35. The minimum atomic E-state index is 0.750. The van der Waals surface area contributed by atoms with Crippen LogP contribution in [-0.4, -0.2) is 37.5 Å². The van der Waals surface area contributed by atoms with Gasteiger partial charge in [-0.2, -0.15) is 0 Å². The third-order valence-corrected chi connectivity index (χ3v) is 0.258. The summed E-state index contributed by atoms with van der Waals surface area (Å²) >= 11 is 0. The molecule has 0 fully saturated rings. The van der Waals surface area contributed by atoms with E-state index in [1.807, 2.05) is 14.1 Å². The SMILES string of the molecule is CN(C)C=N.N=C=O.N=C=O. The second kappa shape index (κ2) is 24.0. The monoisotopic (exact) mass is 158 g/mol. The molecule has 0 atom stereocenters. The van der Waals surface area contributed by atoms with Gasteiger partial charge in [-0.1, -0.05) is 0 Å². The minimum absolute atomic E-state index is 0.750. The quantitative estimate of drug-likeness (QED) is 0.283. The van der Waals surface area contributed by atoms with Crippen LogP contribution in [0.4, 0.5) is 0 Å². The van der Waals surface area contributed by atoms with E-state index in [2.05, 4.69) is 0 Å². The van der Waals surface area contributed by atoms with Gasteiger partial charge in [-0.15, -0.1) is 0 Å². The molecule has 6 heteroatoms. The van der Waals surface area contributed by atoms with Crippen LogP contribution in [0.2, 0.25) is 0 Å². The molecule has 0 saturated carbocycles. The predicted molar refractivity (Wildman–Crippen MR) is 39.3 cm³/mol. The first-order chi connectivity index (χ1) is 5.10. The molecule has 0 saturated heterocycles. The molecule has 6 nitrogen and oxygen atoms in total. The molecule has 0 aliphatic carbocycles. The second-order valence-electron chi connectivity index (χ2n) is 1.30. The summed E-state index contributed by atoms with van der Waals surface area (Å²) in [5.74, 6) is 0. The first-order valence-electron chi connectivity index (χ1n) is 2.35. The van der Waals surface area contributed by atoms with Crippen LogP contribution in [0.5, 0.6) is 0 Å². The molecule has 0 aliphatic rings. The summed E-state index contributed by atoms with van der Waals surface area (Å²) in [7, 11) is 3.62. The van der Waals surface area contributed by atoms with Crippen LogP contribution >= 0.6 is 0 Å². The van der Waals surface area contributed by atoms with Gasteiger partial charge in [-0.05, 0) is 0 Å². The number of hydrogen-bond donors (Lipinski definition) is 3. The van der Waals surface area contributed by atoms with Crippen molar-refractivity contribution < 1.29 is 9.59 Å². The van der Waals surface area contributed by atoms with Gasteiger partial charge in [0.25, 0.3) is 0 Å². The van der Waals surface area contributed by atoms with Crippen LogP contribution < -0.4 is 0 Å². The highest BCUT2D eigenvalue weighted by molar-refractivity contribution is 5.49. The lowest BCUT2D eigenvalue weighted by Crippen LogP contribution is -2.05. The molecule has 0 spiro atoms. The van der Waals surface area contributed by atoms with Crippen LogP contribution in [0.15, 0.2) is 0 Å². The van der Waals surface area contributed by atoms with E-state index in [0.29, 0.717) is 0 Å². The molecular weight excluding hydrogens is 148 g/mol. The van der Waals surface area contributed by atoms with Gasteiger partial charge in [0, 0.05) is 14.1 Å². The van der Waals surface area contributed by atoms with E-state index in [9.17, 15) is 0 Å². The van der Waals surface area contributed by atoms with Gasteiger partial charge in [0.2, 0.25) is 12.2 Å². The normalized spacial score (nSPS) is 4.55. The second-order valence-corrected chi connectivity index (χ2v) is 1.30. The molecule has 62 valence electrons. The zero-order valence-electron chi connectivity index (χ0n) is 6.34. The molecule has 0 radical (unpaired) electrons. The van der Waals surface area contributed by atoms with E-state index < -0.39 is 0 Å². The molecule has 0 aliphatic heterocycles. The molecule has 11 heavy (non-hydrogen) atoms. The van der Waals surface area contributed by atoms with Crippen molar-refractivity contribution in [1.29, 1.82) is 16.2 Å². The molecule has 3 N–H and O–H groups in total. The number of isocyanates is 2. The highest BCUT2D eigenvalue weighted by Crippen LogP contribution is 1.53. The van der Waals surface area contributed by atoms with Crippen molar-refractivity contribution in [2.45, 2.75) is 0 Å². The van der Waals surface area contributed by atoms with Crippen LogP contribution in [-0.2, 0) is 9.59 Å². The summed E-state index contributed by atoms with van der Waals surface area (Å²) in [6.07, 6.45) is 2.75. The standard InChI is InChI=1S/C3H8N2.2CHNO/c1-5(2)3-4;2*2-1-3/h3-4H,1-2H3;2*2H. The van der Waals surface area contributed by atoms with E-state index in [1.165, 1.54) is 6.34 Å². The first kappa shape index (κ1) is 16.1. The van der Waals surface area contributed by atoms with Crippen LogP contribution in [0.3, 0.4) is 0 Å². The van der Waals surface area contributed by atoms with Crippen LogP contribution in [0, 0.1) is 16.2 Å². The average Bonchev–Trinajstić information content (AvgIpc) is 1.91. The van der Waals surface area contributed by atoms with Crippen molar-refractivity contribution in [3.63, 3.8) is 0 Å². The highest BCUT2D eigenvalue weighted by Gasteiger charge is 1.64. The molecule has 0 heterocycles. The number of rotatable bonds is 1. The maximum absolute atomic E-state index is 8.35. The van der Waals surface area contributed by atoms with E-state index in [4.69, 9.17) is 25.8 Å². The number of nitrogens with one attached hydrogen (secondary N) is 3. The van der Waals surface area contributed by atoms with Crippen molar-refractivity contribution >= 4 is 18.5 Å². The smallest absolute Gasteiger partial charge is 0.231 e. The van der Waals surface area contributed by atoms with E-state index in [-0.39, 0.29) is 0 Å². The van der Waals surface area contributed by atoms with Gasteiger partial charge in [-0.3, -0.25) is 5.41 Å². The molecule has 0 unspecified atom stereocenters. The Hall–Kier alpha value is -1.77. The van der Waals surface area contributed by atoms with Crippen LogP contribution in [0.1, 0.15) is 0 Å². The molecule has 0 aromatic heterocycles. The summed E-state index contributed by atoms with van der Waals surface area (Å²) in [6.45, 7) is 0. The zero-order chi connectivity index (χ0) is 9.70. The zero-order valence-corrected chi connectivity index (χ0v) is 6.34. The highest BCUT2D eigenvalue weighted by atomic mass is 16.1. The molecule has 0 rings (SSSR count). The Morgan fingerprint density at radius 2 is 1.27 bits per heavy atom. The molecule has 0 amide bonds. The Morgan fingerprint density at radius 1 is 1.18 bits per heavy atom. The predicted octanol–water partition coefficient (Wildman–Crippen LogP) is -0.0430. The van der Waals surface area contributed by atoms with Crippen molar-refractivity contribution in [3.8, 4) is 0 Å². The number of nitrogens with zero attached hydrogens (tertiary/aromatic N) is 1. The van der Waals surface area contributed by atoms with Crippen LogP contribution in [0.25, 0.3) is 0 Å². The maximum Gasteiger partial charge on any atom is 0.231 e. The lowest BCUT2D eigenvalue weighted by Gasteiger charge is -1.96. The average molecular weight is 158 g/mol. The number of hydrogen-bond acceptors (Lipinski definition) is 5. The fourth-order valence-electron chi connectivity index (χ4n) is 0. The fraction of sp³-hybridized carbons (Fsp3) is 0.400. The van der Waals surface area contributed by atoms with Crippen molar-refractivity contribution in [2.75, 3.05) is 14.1 Å². The Morgan fingerprint density at radius 3 is 1.27 bits per heavy atom. The van der Waals surface area contributed by atoms with E-state index in [0.717, 1.165) is 12.2 Å². The topological polar surface area (TPSA) is 109 Å². The van der Waals surface area contributed by atoms with Gasteiger partial charge >= 0.3 is 0 Å². The third kappa shape index (κ3) is 6040. The van der Waals surface area contributed by atoms with Gasteiger partial charge in [0.05, 0.1) is 6.34 Å². The van der Waals surface area contributed by atoms with Gasteiger partial charge < -0.3 is 4.90 Å². The van der Waals surface area contributed by atoms with Gasteiger partial charge in [-0.25, -0.2) is 20.4 Å². The van der Waals surface area contributed by atoms with Crippen molar-refractivity contribution in [1.82, 2.24) is 4.90 Å². The third-order valence-electron chi connectivity index (χ3n) is 0.258. The van der Waals surface area contributed by atoms with Gasteiger partial charge in [0.1, 0.15) is 0 Å². The fourth-order valence-corrected chi connectivity index (χ4v) is 0. The summed E-state index contributed by atoms with van der Waals surface area (Å²) in [5.41, 5.74) is 0. The lowest BCUT2D eigenvalue weighted by atomic mass is 11.0. The minimum Gasteiger partial charge on any atom is -0.369 e. The Kier molecular flexibility index (Phi) is 35.2. The van der Waals surface area contributed by atoms with Crippen molar-refractivity contribution in [3.05, 3.63) is 0 Å². The Labute approximate surface area is 64.3 Å². The number of carbonyl (C=O) groups excluding carboxylic acids is 2. The Bertz CT molecular complexity index is 131. The maximum atomic E-state index is 8.35. The van der Waals surface area contributed by atoms with E-state index in [1.54, 1.807) is 4.90 Å². The summed E-state index contributed by atoms with van der Waals surface area (Å²) in [4.78, 5) is 18.4. The molecular formula is C5H10N4O2. The largest absolute Gasteiger partial charge is 0.369 e. The molecule has 0 aromatic carbocycles. The van der Waals surface area contributed by atoms with Gasteiger partial charge in [0.15, 0.2) is 0 Å². The summed E-state index contributed by atoms with van der Waals surface area (Å²) in [6, 6.07) is 0. The van der Waals surface area contributed by atoms with E-state index >= 15 is 0 Å². The molecule has 0 bridgehead atoms. The van der Waals surface area contributed by atoms with Crippen molar-refractivity contribution in [2.24, 2.45) is 0 Å². The lowest BCUT2D eigenvalue weighted by molar-refractivity contribution is 0.562. The Balaban J connectivity index is -0.0000000933. The molecule has 0 aromatic rings. The summed E-state index contributed by atoms with van der Waals surface area (Å²) in [5, 5.41) is 17.3.